The number of benzene rings is 1. The van der Waals surface area contributed by atoms with Crippen molar-refractivity contribution in [3.05, 3.63) is 29.5 Å². The van der Waals surface area contributed by atoms with Gasteiger partial charge in [0.05, 0.1) is 30.5 Å². The van der Waals surface area contributed by atoms with Crippen LogP contribution in [0.3, 0.4) is 0 Å². The highest BCUT2D eigenvalue weighted by atomic mass is 16.5. The van der Waals surface area contributed by atoms with Crippen LogP contribution in [0.5, 0.6) is 17.4 Å². The van der Waals surface area contributed by atoms with Crippen molar-refractivity contribution in [2.45, 2.75) is 26.8 Å². The van der Waals surface area contributed by atoms with Crippen LogP contribution in [0.25, 0.3) is 0 Å². The lowest BCUT2D eigenvalue weighted by atomic mass is 10.2. The van der Waals surface area contributed by atoms with Gasteiger partial charge in [0.15, 0.2) is 11.5 Å². The molecule has 2 N–H and O–H groups in total. The number of nitrogens with two attached hydrogens (primary N) is 1. The van der Waals surface area contributed by atoms with Gasteiger partial charge in [-0.15, -0.1) is 0 Å². The summed E-state index contributed by atoms with van der Waals surface area (Å²) in [6, 6.07) is 7.14. The van der Waals surface area contributed by atoms with Crippen molar-refractivity contribution in [2.75, 3.05) is 12.8 Å². The number of hydrogen-bond acceptors (Lipinski definition) is 5. The largest absolute Gasteiger partial charge is 0.493 e. The minimum absolute atomic E-state index is 0.111. The smallest absolute Gasteiger partial charge is 0.241 e. The maximum absolute atomic E-state index is 8.92. The molecule has 0 bridgehead atoms. The molecule has 0 atom stereocenters. The highest BCUT2D eigenvalue weighted by Crippen LogP contribution is 2.37. The molecule has 21 heavy (non-hydrogen) atoms. The lowest BCUT2D eigenvalue weighted by molar-refractivity contribution is 0.352. The Kier molecular flexibility index (Phi) is 4.03. The molecule has 110 valence electrons. The Balaban J connectivity index is 2.46. The maximum Gasteiger partial charge on any atom is 0.241 e. The third-order valence-corrected chi connectivity index (χ3v) is 3.07. The zero-order valence-corrected chi connectivity index (χ0v) is 12.5. The topological polar surface area (TPSA) is 86.1 Å². The highest BCUT2D eigenvalue weighted by molar-refractivity contribution is 5.56. The van der Waals surface area contributed by atoms with Crippen LogP contribution in [0.4, 0.5) is 5.69 Å². The summed E-state index contributed by atoms with van der Waals surface area (Å²) >= 11 is 0. The fourth-order valence-corrected chi connectivity index (χ4v) is 1.92. The van der Waals surface area contributed by atoms with E-state index in [-0.39, 0.29) is 6.04 Å². The monoisotopic (exact) mass is 286 g/mol. The van der Waals surface area contributed by atoms with Gasteiger partial charge in [-0.1, -0.05) is 0 Å². The molecule has 0 aliphatic carbocycles. The number of hydrogen-bond donors (Lipinski definition) is 1. The molecule has 2 rings (SSSR count). The lowest BCUT2D eigenvalue weighted by Gasteiger charge is -2.14. The van der Waals surface area contributed by atoms with Gasteiger partial charge < -0.3 is 15.2 Å². The van der Waals surface area contributed by atoms with E-state index in [4.69, 9.17) is 20.5 Å². The van der Waals surface area contributed by atoms with E-state index in [2.05, 4.69) is 11.2 Å². The van der Waals surface area contributed by atoms with Crippen molar-refractivity contribution in [3.8, 4) is 23.4 Å². The number of anilines is 1. The molecule has 1 aromatic carbocycles. The second-order valence-electron chi connectivity index (χ2n) is 4.92. The van der Waals surface area contributed by atoms with E-state index in [0.29, 0.717) is 34.3 Å². The molecule has 0 amide bonds. The van der Waals surface area contributed by atoms with Crippen molar-refractivity contribution in [1.82, 2.24) is 9.78 Å². The summed E-state index contributed by atoms with van der Waals surface area (Å²) in [5, 5.41) is 13.3. The predicted octanol–water partition coefficient (Wildman–Crippen LogP) is 3.03. The Morgan fingerprint density at radius 1 is 1.33 bits per heavy atom. The van der Waals surface area contributed by atoms with Crippen molar-refractivity contribution < 1.29 is 9.47 Å². The fraction of sp³-hybridized carbons (Fsp3) is 0.333. The number of aryl methyl sites for hydroxylation is 1. The normalized spacial score (nSPS) is 10.5. The zero-order chi connectivity index (χ0) is 15.6. The van der Waals surface area contributed by atoms with E-state index in [1.54, 1.807) is 22.9 Å². The van der Waals surface area contributed by atoms with E-state index in [1.807, 2.05) is 20.8 Å². The molecule has 6 heteroatoms. The van der Waals surface area contributed by atoms with Crippen molar-refractivity contribution in [1.29, 1.82) is 5.26 Å². The lowest BCUT2D eigenvalue weighted by Crippen LogP contribution is -2.06. The highest BCUT2D eigenvalue weighted by Gasteiger charge is 2.18. The summed E-state index contributed by atoms with van der Waals surface area (Å²) in [7, 11) is 1.53. The van der Waals surface area contributed by atoms with Gasteiger partial charge in [-0.3, -0.25) is 0 Å². The molecule has 0 radical (unpaired) electrons. The van der Waals surface area contributed by atoms with Crippen LogP contribution in [-0.2, 0) is 0 Å². The van der Waals surface area contributed by atoms with Crippen molar-refractivity contribution in [3.63, 3.8) is 0 Å². The van der Waals surface area contributed by atoms with Gasteiger partial charge in [-0.2, -0.15) is 10.4 Å². The van der Waals surface area contributed by atoms with Gasteiger partial charge in [0, 0.05) is 6.07 Å². The number of nitrogen functional groups attached to an aromatic ring is 1. The standard InChI is InChI=1S/C15H18N4O2/c1-9(2)19-15(14(17)10(3)18-19)21-12-6-5-11(8-16)7-13(12)20-4/h5-7,9H,17H2,1-4H3. The van der Waals surface area contributed by atoms with E-state index < -0.39 is 0 Å². The molecule has 0 fully saturated rings. The number of aromatic nitrogens is 2. The van der Waals surface area contributed by atoms with E-state index in [0.717, 1.165) is 0 Å². The molecule has 0 unspecified atom stereocenters. The number of methoxy groups -OCH3 is 1. The third-order valence-electron chi connectivity index (χ3n) is 3.07. The molecule has 0 saturated heterocycles. The van der Waals surface area contributed by atoms with Crippen molar-refractivity contribution >= 4 is 5.69 Å². The minimum atomic E-state index is 0.111. The van der Waals surface area contributed by atoms with Gasteiger partial charge in [0.2, 0.25) is 5.88 Å². The molecule has 2 aromatic rings. The second kappa shape index (κ2) is 5.75. The minimum Gasteiger partial charge on any atom is -0.493 e. The number of nitrogens with zero attached hydrogens (tertiary/aromatic N) is 3. The average Bonchev–Trinajstić information content (AvgIpc) is 2.76. The van der Waals surface area contributed by atoms with E-state index in [9.17, 15) is 0 Å². The summed E-state index contributed by atoms with van der Waals surface area (Å²) in [6.45, 7) is 5.82. The quantitative estimate of drug-likeness (QED) is 0.933. The zero-order valence-electron chi connectivity index (χ0n) is 12.5. The number of ether oxygens (including phenoxy) is 2. The average molecular weight is 286 g/mol. The first kappa shape index (κ1) is 14.7. The molecule has 1 aromatic heterocycles. The first-order valence-electron chi connectivity index (χ1n) is 6.58. The van der Waals surface area contributed by atoms with Crippen LogP contribution < -0.4 is 15.2 Å². The van der Waals surface area contributed by atoms with E-state index in [1.165, 1.54) is 7.11 Å². The molecule has 1 heterocycles. The Hall–Kier alpha value is -2.68. The molecule has 0 aliphatic rings. The maximum atomic E-state index is 8.92. The van der Waals surface area contributed by atoms with Crippen LogP contribution in [0, 0.1) is 18.3 Å². The summed E-state index contributed by atoms with van der Waals surface area (Å²) in [4.78, 5) is 0. The number of rotatable bonds is 4. The van der Waals surface area contributed by atoms with E-state index >= 15 is 0 Å². The van der Waals surface area contributed by atoms with Crippen LogP contribution in [0.1, 0.15) is 31.1 Å². The Bertz CT molecular complexity index is 698. The Labute approximate surface area is 123 Å². The molecule has 0 spiro atoms. The van der Waals surface area contributed by atoms with Crippen LogP contribution in [0.15, 0.2) is 18.2 Å². The van der Waals surface area contributed by atoms with Crippen LogP contribution in [-0.4, -0.2) is 16.9 Å². The predicted molar refractivity (Wildman–Crippen MR) is 79.5 cm³/mol. The molecular formula is C15H18N4O2. The van der Waals surface area contributed by atoms with Gasteiger partial charge in [0.25, 0.3) is 0 Å². The second-order valence-corrected chi connectivity index (χ2v) is 4.92. The van der Waals surface area contributed by atoms with Gasteiger partial charge >= 0.3 is 0 Å². The van der Waals surface area contributed by atoms with Crippen molar-refractivity contribution in [2.24, 2.45) is 0 Å². The fourth-order valence-electron chi connectivity index (χ4n) is 1.92. The van der Waals surface area contributed by atoms with Gasteiger partial charge in [-0.25, -0.2) is 4.68 Å². The summed E-state index contributed by atoms with van der Waals surface area (Å²) < 4.78 is 12.9. The molecule has 0 aliphatic heterocycles. The first-order valence-corrected chi connectivity index (χ1v) is 6.58. The summed E-state index contributed by atoms with van der Waals surface area (Å²) in [6.07, 6.45) is 0. The molecule has 0 saturated carbocycles. The third kappa shape index (κ3) is 2.77. The molecule has 6 nitrogen and oxygen atoms in total. The molecular weight excluding hydrogens is 268 g/mol. The SMILES string of the molecule is COc1cc(C#N)ccc1Oc1c(N)c(C)nn1C(C)C. The Morgan fingerprint density at radius 2 is 2.05 bits per heavy atom. The number of nitriles is 1. The summed E-state index contributed by atoms with van der Waals surface area (Å²) in [5.41, 5.74) is 7.75. The van der Waals surface area contributed by atoms with Gasteiger partial charge in [0.1, 0.15) is 5.69 Å². The first-order chi connectivity index (χ1) is 9.97. The summed E-state index contributed by atoms with van der Waals surface area (Å²) in [5.74, 6) is 1.44. The Morgan fingerprint density at radius 3 is 2.62 bits per heavy atom. The van der Waals surface area contributed by atoms with Crippen LogP contribution >= 0.6 is 0 Å². The van der Waals surface area contributed by atoms with Gasteiger partial charge in [-0.05, 0) is 32.9 Å². The van der Waals surface area contributed by atoms with Crippen LogP contribution in [0.2, 0.25) is 0 Å².